The normalized spacial score (nSPS) is 16.0. The molecule has 0 radical (unpaired) electrons. The number of hydrogen-bond acceptors (Lipinski definition) is 3. The van der Waals surface area contributed by atoms with Crippen LogP contribution in [0, 0.1) is 0 Å². The summed E-state index contributed by atoms with van der Waals surface area (Å²) in [5, 5.41) is 9.40. The summed E-state index contributed by atoms with van der Waals surface area (Å²) in [7, 11) is 0. The predicted octanol–water partition coefficient (Wildman–Crippen LogP) is 3.52. The van der Waals surface area contributed by atoms with E-state index < -0.39 is 39.6 Å². The molecule has 0 unspecified atom stereocenters. The maximum absolute atomic E-state index is 12.7. The first-order valence-corrected chi connectivity index (χ1v) is 7.15. The second-order valence-electron chi connectivity index (χ2n) is 5.53. The highest BCUT2D eigenvalue weighted by atomic mass is 32.2. The minimum atomic E-state index is -4.53. The molecule has 0 aromatic heterocycles. The monoisotopic (exact) mass is 309 g/mol. The lowest BCUT2D eigenvalue weighted by molar-refractivity contribution is -0.137. The van der Waals surface area contributed by atoms with E-state index in [4.69, 9.17) is 0 Å². The minimum absolute atomic E-state index is 0.231. The third-order valence-electron chi connectivity index (χ3n) is 2.61. The van der Waals surface area contributed by atoms with Crippen LogP contribution in [0.5, 0.6) is 5.75 Å². The summed E-state index contributed by atoms with van der Waals surface area (Å²) < 4.78 is 52.2. The van der Waals surface area contributed by atoms with Gasteiger partial charge in [0.15, 0.2) is 0 Å². The van der Waals surface area contributed by atoms with E-state index in [9.17, 15) is 22.8 Å². The molecule has 1 aromatic rings. The van der Waals surface area contributed by atoms with Gasteiger partial charge in [0.2, 0.25) is 0 Å². The van der Waals surface area contributed by atoms with Gasteiger partial charge in [-0.2, -0.15) is 13.2 Å². The molecular weight excluding hydrogens is 291 g/mol. The summed E-state index contributed by atoms with van der Waals surface area (Å²) in [4.78, 5) is 0. The number of phenolic OH excluding ortho intramolecular Hbond substituents is 1. The lowest BCUT2D eigenvalue weighted by atomic mass is 10.0. The summed E-state index contributed by atoms with van der Waals surface area (Å²) in [6.07, 6.45) is -4.53. The summed E-state index contributed by atoms with van der Waals surface area (Å²) in [6, 6.07) is 2.25. The van der Waals surface area contributed by atoms with Gasteiger partial charge in [-0.15, -0.1) is 4.72 Å². The zero-order valence-corrected chi connectivity index (χ0v) is 12.5. The van der Waals surface area contributed by atoms with E-state index in [-0.39, 0.29) is 5.56 Å². The van der Waals surface area contributed by atoms with E-state index in [1.165, 1.54) is 6.07 Å². The van der Waals surface area contributed by atoms with Crippen LogP contribution in [-0.2, 0) is 17.5 Å². The highest BCUT2D eigenvalue weighted by Gasteiger charge is 2.33. The van der Waals surface area contributed by atoms with E-state index >= 15 is 0 Å². The largest absolute Gasteiger partial charge is 0.598 e. The van der Waals surface area contributed by atoms with E-state index in [2.05, 4.69) is 4.72 Å². The van der Waals surface area contributed by atoms with Crippen LogP contribution in [0.2, 0.25) is 0 Å². The van der Waals surface area contributed by atoms with Gasteiger partial charge in [0.05, 0.1) is 11.6 Å². The Bertz CT molecular complexity index is 472. The molecule has 0 saturated heterocycles. The Morgan fingerprint density at radius 2 is 1.75 bits per heavy atom. The molecule has 1 aromatic carbocycles. The molecule has 3 nitrogen and oxygen atoms in total. The van der Waals surface area contributed by atoms with Gasteiger partial charge in [0, 0.05) is 11.4 Å². The zero-order valence-electron chi connectivity index (χ0n) is 11.7. The number of hydrogen-bond donors (Lipinski definition) is 2. The van der Waals surface area contributed by atoms with Crippen LogP contribution < -0.4 is 4.72 Å². The average molecular weight is 309 g/mol. The topological polar surface area (TPSA) is 55.3 Å². The summed E-state index contributed by atoms with van der Waals surface area (Å²) in [5.41, 5.74) is -0.697. The molecule has 0 aliphatic carbocycles. The van der Waals surface area contributed by atoms with Crippen molar-refractivity contribution in [3.8, 4) is 5.75 Å². The summed E-state index contributed by atoms with van der Waals surface area (Å²) in [5.74, 6) is -0.468. The minimum Gasteiger partial charge on any atom is -0.598 e. The summed E-state index contributed by atoms with van der Waals surface area (Å²) in [6.45, 7) is 6.86. The second kappa shape index (κ2) is 5.83. The first-order chi connectivity index (χ1) is 8.91. The Hall–Kier alpha value is -0.920. The van der Waals surface area contributed by atoms with Crippen LogP contribution in [-0.4, -0.2) is 14.4 Å². The molecule has 0 saturated carbocycles. The van der Waals surface area contributed by atoms with Crippen molar-refractivity contribution in [1.82, 2.24) is 4.72 Å². The fraction of sp³-hybridized carbons (Fsp3) is 0.538. The highest BCUT2D eigenvalue weighted by Crippen LogP contribution is 2.34. The molecule has 0 aliphatic heterocycles. The number of phenols is 1. The Morgan fingerprint density at radius 1 is 1.20 bits per heavy atom. The van der Waals surface area contributed by atoms with Crippen molar-refractivity contribution in [2.24, 2.45) is 0 Å². The Kier molecular flexibility index (Phi) is 4.99. The number of halogens is 3. The fourth-order valence-electron chi connectivity index (χ4n) is 1.45. The molecule has 0 fully saturated rings. The van der Waals surface area contributed by atoms with Crippen molar-refractivity contribution >= 4 is 11.4 Å². The van der Waals surface area contributed by atoms with E-state index in [1.54, 1.807) is 27.7 Å². The van der Waals surface area contributed by atoms with Gasteiger partial charge in [-0.1, -0.05) is 0 Å². The Morgan fingerprint density at radius 3 is 2.20 bits per heavy atom. The van der Waals surface area contributed by atoms with Crippen molar-refractivity contribution < 1.29 is 22.8 Å². The Balaban J connectivity index is 2.99. The van der Waals surface area contributed by atoms with E-state index in [0.29, 0.717) is 6.07 Å². The van der Waals surface area contributed by atoms with Crippen LogP contribution in [0.15, 0.2) is 18.2 Å². The van der Waals surface area contributed by atoms with Gasteiger partial charge in [0.25, 0.3) is 0 Å². The molecule has 20 heavy (non-hydrogen) atoms. The van der Waals surface area contributed by atoms with Crippen molar-refractivity contribution in [2.75, 3.05) is 0 Å². The Labute approximate surface area is 119 Å². The molecule has 0 heterocycles. The SMILES string of the molecule is C[C@@H](N[S@+]([O-])C(C)(C)C)c1cc(O)cc(C(F)(F)F)c1. The van der Waals surface area contributed by atoms with Crippen LogP contribution in [0.3, 0.4) is 0 Å². The van der Waals surface area contributed by atoms with E-state index in [0.717, 1.165) is 6.07 Å². The van der Waals surface area contributed by atoms with Crippen molar-refractivity contribution in [3.05, 3.63) is 29.3 Å². The van der Waals surface area contributed by atoms with Crippen LogP contribution in [0.4, 0.5) is 13.2 Å². The third-order valence-corrected chi connectivity index (χ3v) is 4.29. The highest BCUT2D eigenvalue weighted by molar-refractivity contribution is 7.90. The lowest BCUT2D eigenvalue weighted by Crippen LogP contribution is -2.40. The molecule has 7 heteroatoms. The quantitative estimate of drug-likeness (QED) is 0.840. The van der Waals surface area contributed by atoms with Gasteiger partial charge in [-0.3, -0.25) is 0 Å². The molecule has 1 rings (SSSR count). The molecule has 0 aliphatic rings. The molecule has 0 amide bonds. The van der Waals surface area contributed by atoms with Gasteiger partial charge < -0.3 is 9.66 Å². The lowest BCUT2D eigenvalue weighted by Gasteiger charge is -2.26. The third kappa shape index (κ3) is 4.57. The average Bonchev–Trinajstić information content (AvgIpc) is 2.25. The maximum Gasteiger partial charge on any atom is 0.416 e. The number of alkyl halides is 3. The standard InChI is InChI=1S/C13H18F3NO2S/c1-8(17-20(19)12(2,3)4)9-5-10(13(14,15)16)7-11(18)6-9/h5-8,17-18H,1-4H3/t8-,20-/m1/s1. The summed E-state index contributed by atoms with van der Waals surface area (Å²) >= 11 is -1.42. The molecular formula is C13H18F3NO2S. The molecule has 2 atom stereocenters. The van der Waals surface area contributed by atoms with Gasteiger partial charge >= 0.3 is 6.18 Å². The van der Waals surface area contributed by atoms with Crippen molar-refractivity contribution in [3.63, 3.8) is 0 Å². The van der Waals surface area contributed by atoms with E-state index in [1.807, 2.05) is 0 Å². The number of aromatic hydroxyl groups is 1. The zero-order chi connectivity index (χ0) is 15.7. The van der Waals surface area contributed by atoms with Crippen molar-refractivity contribution in [1.29, 1.82) is 0 Å². The second-order valence-corrected chi connectivity index (χ2v) is 7.53. The molecule has 0 bridgehead atoms. The maximum atomic E-state index is 12.7. The first kappa shape index (κ1) is 17.1. The van der Waals surface area contributed by atoms with Crippen LogP contribution in [0.25, 0.3) is 0 Å². The first-order valence-electron chi connectivity index (χ1n) is 6.00. The number of nitrogens with one attached hydrogen (secondary N) is 1. The van der Waals surface area contributed by atoms with Gasteiger partial charge in [0.1, 0.15) is 10.5 Å². The van der Waals surface area contributed by atoms with Crippen molar-refractivity contribution in [2.45, 2.75) is 44.7 Å². The molecule has 2 N–H and O–H groups in total. The predicted molar refractivity (Wildman–Crippen MR) is 72.6 cm³/mol. The van der Waals surface area contributed by atoms with Crippen LogP contribution in [0.1, 0.15) is 44.9 Å². The van der Waals surface area contributed by atoms with Crippen LogP contribution >= 0.6 is 0 Å². The fourth-order valence-corrected chi connectivity index (χ4v) is 2.26. The van der Waals surface area contributed by atoms with Gasteiger partial charge in [-0.25, -0.2) is 0 Å². The molecule has 114 valence electrons. The number of benzene rings is 1. The smallest absolute Gasteiger partial charge is 0.416 e. The molecule has 0 spiro atoms. The van der Waals surface area contributed by atoms with Gasteiger partial charge in [-0.05, 0) is 51.5 Å². The number of rotatable bonds is 3.